The van der Waals surface area contributed by atoms with E-state index in [1.165, 1.54) is 0 Å². The Balaban J connectivity index is 0.00000256. The number of benzene rings is 1. The topological polar surface area (TPSA) is 55.6 Å². The van der Waals surface area contributed by atoms with Crippen LogP contribution in [0.3, 0.4) is 0 Å². The molecule has 0 aliphatic carbocycles. The first-order valence-corrected chi connectivity index (χ1v) is 5.18. The number of amides is 1. The van der Waals surface area contributed by atoms with Crippen LogP contribution in [0.1, 0.15) is 12.5 Å². The lowest BCUT2D eigenvalue weighted by Gasteiger charge is -2.19. The van der Waals surface area contributed by atoms with Crippen LogP contribution in [0.15, 0.2) is 24.3 Å². The van der Waals surface area contributed by atoms with Gasteiger partial charge in [-0.2, -0.15) is 0 Å². The Morgan fingerprint density at radius 3 is 2.35 bits per heavy atom. The number of carbonyl (C=O) groups excluding carboxylic acids is 1. The van der Waals surface area contributed by atoms with Crippen LogP contribution in [-0.4, -0.2) is 31.0 Å². The van der Waals surface area contributed by atoms with E-state index >= 15 is 0 Å². The molecule has 96 valence electrons. The van der Waals surface area contributed by atoms with Gasteiger partial charge in [0, 0.05) is 13.6 Å². The number of hydrogen-bond acceptors (Lipinski definition) is 3. The van der Waals surface area contributed by atoms with Crippen LogP contribution in [0.2, 0.25) is 0 Å². The molecular weight excluding hydrogens is 240 g/mol. The zero-order valence-corrected chi connectivity index (χ0v) is 11.2. The first kappa shape index (κ1) is 15.7. The summed E-state index contributed by atoms with van der Waals surface area (Å²) in [4.78, 5) is 13.2. The van der Waals surface area contributed by atoms with Crippen molar-refractivity contribution < 1.29 is 9.53 Å². The Morgan fingerprint density at radius 1 is 1.41 bits per heavy atom. The largest absolute Gasteiger partial charge is 0.497 e. The summed E-state index contributed by atoms with van der Waals surface area (Å²) >= 11 is 0. The van der Waals surface area contributed by atoms with Crippen LogP contribution in [0.5, 0.6) is 5.75 Å². The highest BCUT2D eigenvalue weighted by Crippen LogP contribution is 2.12. The Bertz CT molecular complexity index is 352. The maximum Gasteiger partial charge on any atom is 0.239 e. The van der Waals surface area contributed by atoms with E-state index in [4.69, 9.17) is 10.5 Å². The van der Waals surface area contributed by atoms with E-state index in [0.717, 1.165) is 11.3 Å². The van der Waals surface area contributed by atoms with Crippen molar-refractivity contribution in [2.24, 2.45) is 5.73 Å². The van der Waals surface area contributed by atoms with E-state index < -0.39 is 6.04 Å². The molecule has 1 atom stereocenters. The average Bonchev–Trinajstić information content (AvgIpc) is 2.28. The van der Waals surface area contributed by atoms with Gasteiger partial charge in [0.15, 0.2) is 0 Å². The third kappa shape index (κ3) is 4.63. The number of nitrogens with zero attached hydrogens (tertiary/aromatic N) is 1. The van der Waals surface area contributed by atoms with Crippen LogP contribution < -0.4 is 10.5 Å². The van der Waals surface area contributed by atoms with Crippen LogP contribution in [-0.2, 0) is 11.3 Å². The molecule has 0 aliphatic rings. The molecule has 2 N–H and O–H groups in total. The summed E-state index contributed by atoms with van der Waals surface area (Å²) in [6.45, 7) is 2.25. The van der Waals surface area contributed by atoms with Crippen LogP contribution >= 0.6 is 12.4 Å². The third-order valence-electron chi connectivity index (χ3n) is 2.34. The summed E-state index contributed by atoms with van der Waals surface area (Å²) in [6, 6.07) is 7.16. The summed E-state index contributed by atoms with van der Waals surface area (Å²) in [6.07, 6.45) is 0. The third-order valence-corrected chi connectivity index (χ3v) is 2.34. The highest BCUT2D eigenvalue weighted by atomic mass is 35.5. The summed E-state index contributed by atoms with van der Waals surface area (Å²) in [5.74, 6) is 0.751. The van der Waals surface area contributed by atoms with Gasteiger partial charge < -0.3 is 15.4 Å². The number of nitrogens with two attached hydrogens (primary N) is 1. The van der Waals surface area contributed by atoms with Crippen molar-refractivity contribution >= 4 is 18.3 Å². The van der Waals surface area contributed by atoms with Crippen LogP contribution in [0.4, 0.5) is 0 Å². The first-order valence-electron chi connectivity index (χ1n) is 5.18. The molecule has 0 unspecified atom stereocenters. The number of likely N-dealkylation sites (N-methyl/N-ethyl adjacent to an activating group) is 1. The Hall–Kier alpha value is -1.26. The van der Waals surface area contributed by atoms with E-state index in [1.807, 2.05) is 24.3 Å². The maximum absolute atomic E-state index is 11.5. The molecule has 4 nitrogen and oxygen atoms in total. The normalized spacial score (nSPS) is 11.3. The molecule has 17 heavy (non-hydrogen) atoms. The summed E-state index contributed by atoms with van der Waals surface area (Å²) in [7, 11) is 3.37. The monoisotopic (exact) mass is 258 g/mol. The lowest BCUT2D eigenvalue weighted by molar-refractivity contribution is -0.131. The Morgan fingerprint density at radius 2 is 1.94 bits per heavy atom. The molecule has 5 heteroatoms. The van der Waals surface area contributed by atoms with Gasteiger partial charge in [-0.15, -0.1) is 12.4 Å². The number of carbonyl (C=O) groups is 1. The molecule has 0 aliphatic heterocycles. The maximum atomic E-state index is 11.5. The van der Waals surface area contributed by atoms with Crippen molar-refractivity contribution in [3.8, 4) is 5.75 Å². The quantitative estimate of drug-likeness (QED) is 0.889. The molecule has 0 saturated carbocycles. The van der Waals surface area contributed by atoms with E-state index in [1.54, 1.807) is 26.0 Å². The standard InChI is InChI=1S/C12H18N2O2.ClH/c1-9(13)12(15)14(2)8-10-4-6-11(16-3)7-5-10;/h4-7,9H,8,13H2,1-3H3;1H/t9-;/m0./s1. The molecule has 1 amide bonds. The predicted octanol–water partition coefficient (Wildman–Crippen LogP) is 1.42. The Labute approximate surface area is 108 Å². The average molecular weight is 259 g/mol. The van der Waals surface area contributed by atoms with Gasteiger partial charge in [0.05, 0.1) is 13.2 Å². The van der Waals surface area contributed by atoms with E-state index in [9.17, 15) is 4.79 Å². The fraction of sp³-hybridized carbons (Fsp3) is 0.417. The fourth-order valence-electron chi connectivity index (χ4n) is 1.43. The van der Waals surface area contributed by atoms with Gasteiger partial charge in [-0.1, -0.05) is 12.1 Å². The molecule has 1 aromatic rings. The second-order valence-electron chi connectivity index (χ2n) is 3.83. The van der Waals surface area contributed by atoms with Crippen molar-refractivity contribution in [3.63, 3.8) is 0 Å². The molecule has 0 saturated heterocycles. The lowest BCUT2D eigenvalue weighted by Crippen LogP contribution is -2.39. The van der Waals surface area contributed by atoms with Crippen molar-refractivity contribution in [2.75, 3.05) is 14.2 Å². The molecule has 1 aromatic carbocycles. The molecule has 0 bridgehead atoms. The smallest absolute Gasteiger partial charge is 0.239 e. The van der Waals surface area contributed by atoms with E-state index in [2.05, 4.69) is 0 Å². The van der Waals surface area contributed by atoms with Gasteiger partial charge in [0.1, 0.15) is 5.75 Å². The molecule has 0 spiro atoms. The van der Waals surface area contributed by atoms with Gasteiger partial charge >= 0.3 is 0 Å². The molecular formula is C12H19ClN2O2. The predicted molar refractivity (Wildman–Crippen MR) is 70.4 cm³/mol. The number of hydrogen-bond donors (Lipinski definition) is 1. The van der Waals surface area contributed by atoms with Crippen LogP contribution in [0, 0.1) is 0 Å². The van der Waals surface area contributed by atoms with Gasteiger partial charge in [-0.05, 0) is 24.6 Å². The SMILES string of the molecule is COc1ccc(CN(C)C(=O)[C@H](C)N)cc1.Cl. The molecule has 1 rings (SSSR count). The highest BCUT2D eigenvalue weighted by molar-refractivity contribution is 5.85. The minimum absolute atomic E-state index is 0. The molecule has 0 heterocycles. The van der Waals surface area contributed by atoms with Crippen molar-refractivity contribution in [1.82, 2.24) is 4.90 Å². The van der Waals surface area contributed by atoms with Crippen molar-refractivity contribution in [3.05, 3.63) is 29.8 Å². The number of ether oxygens (including phenoxy) is 1. The Kier molecular flexibility index (Phi) is 6.61. The second kappa shape index (κ2) is 7.14. The van der Waals surface area contributed by atoms with Gasteiger partial charge in [-0.25, -0.2) is 0 Å². The van der Waals surface area contributed by atoms with Gasteiger partial charge in [0.25, 0.3) is 0 Å². The zero-order chi connectivity index (χ0) is 12.1. The summed E-state index contributed by atoms with van der Waals surface area (Å²) in [5.41, 5.74) is 6.58. The lowest BCUT2D eigenvalue weighted by atomic mass is 10.2. The number of halogens is 1. The zero-order valence-electron chi connectivity index (χ0n) is 10.3. The van der Waals surface area contributed by atoms with Crippen LogP contribution in [0.25, 0.3) is 0 Å². The van der Waals surface area contributed by atoms with E-state index in [-0.39, 0.29) is 18.3 Å². The summed E-state index contributed by atoms with van der Waals surface area (Å²) in [5, 5.41) is 0. The molecule has 0 radical (unpaired) electrons. The van der Waals surface area contributed by atoms with Crippen molar-refractivity contribution in [2.45, 2.75) is 19.5 Å². The first-order chi connectivity index (χ1) is 7.54. The van der Waals surface area contributed by atoms with Gasteiger partial charge in [-0.3, -0.25) is 4.79 Å². The number of rotatable bonds is 4. The highest BCUT2D eigenvalue weighted by Gasteiger charge is 2.13. The van der Waals surface area contributed by atoms with Crippen molar-refractivity contribution in [1.29, 1.82) is 0 Å². The second-order valence-corrected chi connectivity index (χ2v) is 3.83. The fourth-order valence-corrected chi connectivity index (χ4v) is 1.43. The summed E-state index contributed by atoms with van der Waals surface area (Å²) < 4.78 is 5.06. The minimum atomic E-state index is -0.455. The number of methoxy groups -OCH3 is 1. The van der Waals surface area contributed by atoms with Gasteiger partial charge in [0.2, 0.25) is 5.91 Å². The van der Waals surface area contributed by atoms with E-state index in [0.29, 0.717) is 6.54 Å². The molecule has 0 aromatic heterocycles. The minimum Gasteiger partial charge on any atom is -0.497 e. The molecule has 0 fully saturated rings.